The Hall–Kier alpha value is -1.85. The Morgan fingerprint density at radius 1 is 1.31 bits per heavy atom. The molecular formula is C10H7F4NO. The molecule has 0 aliphatic heterocycles. The number of hydrogen-bond acceptors (Lipinski definition) is 1. The molecule has 0 saturated carbocycles. The summed E-state index contributed by atoms with van der Waals surface area (Å²) in [6.07, 6.45) is -2.71. The van der Waals surface area contributed by atoms with Crippen molar-refractivity contribution < 1.29 is 22.4 Å². The predicted octanol–water partition coefficient (Wildman–Crippen LogP) is 2.34. The fourth-order valence-electron chi connectivity index (χ4n) is 1.01. The van der Waals surface area contributed by atoms with E-state index < -0.39 is 23.5 Å². The summed E-state index contributed by atoms with van der Waals surface area (Å²) >= 11 is 0. The molecule has 1 aromatic carbocycles. The molecule has 0 spiro atoms. The number of rotatable bonds is 2. The third-order valence-electron chi connectivity index (χ3n) is 1.75. The minimum absolute atomic E-state index is 0.133. The van der Waals surface area contributed by atoms with E-state index in [2.05, 4.69) is 0 Å². The van der Waals surface area contributed by atoms with E-state index in [0.29, 0.717) is 6.07 Å². The summed E-state index contributed by atoms with van der Waals surface area (Å²) in [7, 11) is 0. The van der Waals surface area contributed by atoms with Crippen molar-refractivity contribution in [3.63, 3.8) is 0 Å². The van der Waals surface area contributed by atoms with Crippen molar-refractivity contribution in [1.82, 2.24) is 0 Å². The van der Waals surface area contributed by atoms with Crippen molar-refractivity contribution in [2.75, 3.05) is 0 Å². The Kier molecular flexibility index (Phi) is 3.31. The second-order valence-corrected chi connectivity index (χ2v) is 2.97. The molecular weight excluding hydrogens is 226 g/mol. The number of benzene rings is 1. The first-order valence-electron chi connectivity index (χ1n) is 4.15. The first kappa shape index (κ1) is 12.2. The van der Waals surface area contributed by atoms with Gasteiger partial charge in [0.25, 0.3) is 0 Å². The molecule has 2 nitrogen and oxygen atoms in total. The number of primary amides is 1. The van der Waals surface area contributed by atoms with Crippen LogP contribution in [0.1, 0.15) is 11.1 Å². The topological polar surface area (TPSA) is 43.1 Å². The monoisotopic (exact) mass is 233 g/mol. The lowest BCUT2D eigenvalue weighted by Crippen LogP contribution is -2.06. The lowest BCUT2D eigenvalue weighted by Gasteiger charge is -2.07. The van der Waals surface area contributed by atoms with Crippen LogP contribution in [0.25, 0.3) is 6.08 Å². The molecule has 16 heavy (non-hydrogen) atoms. The molecule has 0 heterocycles. The van der Waals surface area contributed by atoms with Crippen molar-refractivity contribution in [3.8, 4) is 0 Å². The van der Waals surface area contributed by atoms with Crippen LogP contribution in [0.4, 0.5) is 17.6 Å². The fraction of sp³-hybridized carbons (Fsp3) is 0.100. The number of nitrogens with two attached hydrogens (primary N) is 1. The zero-order chi connectivity index (χ0) is 12.3. The molecule has 0 aliphatic carbocycles. The van der Waals surface area contributed by atoms with Gasteiger partial charge >= 0.3 is 6.18 Å². The van der Waals surface area contributed by atoms with E-state index in [0.717, 1.165) is 24.3 Å². The van der Waals surface area contributed by atoms with Gasteiger partial charge in [-0.1, -0.05) is 6.07 Å². The van der Waals surface area contributed by atoms with Gasteiger partial charge in [0.1, 0.15) is 5.82 Å². The van der Waals surface area contributed by atoms with Crippen molar-refractivity contribution in [2.45, 2.75) is 6.18 Å². The van der Waals surface area contributed by atoms with Crippen LogP contribution in [0, 0.1) is 5.82 Å². The van der Waals surface area contributed by atoms with Gasteiger partial charge < -0.3 is 5.73 Å². The third-order valence-corrected chi connectivity index (χ3v) is 1.75. The normalized spacial score (nSPS) is 12.0. The molecule has 0 aromatic heterocycles. The summed E-state index contributed by atoms with van der Waals surface area (Å²) < 4.78 is 49.6. The van der Waals surface area contributed by atoms with Gasteiger partial charge in [0.05, 0.1) is 5.56 Å². The van der Waals surface area contributed by atoms with Gasteiger partial charge in [-0.3, -0.25) is 4.79 Å². The highest BCUT2D eigenvalue weighted by Crippen LogP contribution is 2.30. The molecule has 0 fully saturated rings. The van der Waals surface area contributed by atoms with Crippen LogP contribution in [0.5, 0.6) is 0 Å². The molecule has 1 amide bonds. The maximum Gasteiger partial charge on any atom is 0.416 e. The summed E-state index contributed by atoms with van der Waals surface area (Å²) in [4.78, 5) is 10.3. The number of halogens is 4. The van der Waals surface area contributed by atoms with Gasteiger partial charge in [0, 0.05) is 11.6 Å². The van der Waals surface area contributed by atoms with Crippen LogP contribution < -0.4 is 5.73 Å². The Balaban J connectivity index is 3.05. The number of carbonyl (C=O) groups excluding carboxylic acids is 1. The molecule has 0 bridgehead atoms. The Bertz CT molecular complexity index is 437. The van der Waals surface area contributed by atoms with Crippen LogP contribution in [0.2, 0.25) is 0 Å². The van der Waals surface area contributed by atoms with Crippen molar-refractivity contribution >= 4 is 12.0 Å². The van der Waals surface area contributed by atoms with Gasteiger partial charge in [-0.15, -0.1) is 0 Å². The van der Waals surface area contributed by atoms with Gasteiger partial charge in [0.2, 0.25) is 5.91 Å². The standard InChI is InChI=1S/C10H7F4NO/c11-8-5-7(10(12,13)14)3-1-6(8)2-4-9(15)16/h1-5H,(H2,15,16). The van der Waals surface area contributed by atoms with Gasteiger partial charge in [-0.25, -0.2) is 4.39 Å². The Labute approximate surface area is 88.4 Å². The molecule has 1 rings (SSSR count). The smallest absolute Gasteiger partial charge is 0.366 e. The molecule has 0 radical (unpaired) electrons. The van der Waals surface area contributed by atoms with Crippen LogP contribution in [0.15, 0.2) is 24.3 Å². The number of alkyl halides is 3. The maximum absolute atomic E-state index is 13.1. The first-order chi connectivity index (χ1) is 7.30. The molecule has 6 heteroatoms. The van der Waals surface area contributed by atoms with E-state index in [9.17, 15) is 22.4 Å². The quantitative estimate of drug-likeness (QED) is 0.618. The van der Waals surface area contributed by atoms with Crippen LogP contribution in [0.3, 0.4) is 0 Å². The maximum atomic E-state index is 13.1. The number of amides is 1. The summed E-state index contributed by atoms with van der Waals surface area (Å²) in [5.74, 6) is -1.87. The average molecular weight is 233 g/mol. The van der Waals surface area contributed by atoms with Crippen LogP contribution in [-0.2, 0) is 11.0 Å². The van der Waals surface area contributed by atoms with Gasteiger partial charge in [0.15, 0.2) is 0 Å². The van der Waals surface area contributed by atoms with E-state index >= 15 is 0 Å². The number of hydrogen-bond donors (Lipinski definition) is 1. The highest BCUT2D eigenvalue weighted by Gasteiger charge is 2.30. The fourth-order valence-corrected chi connectivity index (χ4v) is 1.01. The zero-order valence-corrected chi connectivity index (χ0v) is 7.88. The van der Waals surface area contributed by atoms with Crippen molar-refractivity contribution in [3.05, 3.63) is 41.2 Å². The molecule has 0 unspecified atom stereocenters. The largest absolute Gasteiger partial charge is 0.416 e. The van der Waals surface area contributed by atoms with Crippen molar-refractivity contribution in [1.29, 1.82) is 0 Å². The summed E-state index contributed by atoms with van der Waals surface area (Å²) in [5.41, 5.74) is 3.55. The summed E-state index contributed by atoms with van der Waals surface area (Å²) in [6, 6.07) is 2.02. The summed E-state index contributed by atoms with van der Waals surface area (Å²) in [5, 5.41) is 0. The Morgan fingerprint density at radius 2 is 1.94 bits per heavy atom. The van der Waals surface area contributed by atoms with Gasteiger partial charge in [-0.2, -0.15) is 13.2 Å². The van der Waals surface area contributed by atoms with Crippen LogP contribution >= 0.6 is 0 Å². The molecule has 0 saturated heterocycles. The van der Waals surface area contributed by atoms with E-state index in [1.165, 1.54) is 0 Å². The van der Waals surface area contributed by atoms with E-state index in [4.69, 9.17) is 5.73 Å². The zero-order valence-electron chi connectivity index (χ0n) is 7.88. The lowest BCUT2D eigenvalue weighted by molar-refractivity contribution is -0.137. The molecule has 0 aliphatic rings. The van der Waals surface area contributed by atoms with E-state index in [1.54, 1.807) is 0 Å². The second kappa shape index (κ2) is 4.34. The summed E-state index contributed by atoms with van der Waals surface area (Å²) in [6.45, 7) is 0. The molecule has 86 valence electrons. The predicted molar refractivity (Wildman–Crippen MR) is 49.6 cm³/mol. The van der Waals surface area contributed by atoms with Crippen LogP contribution in [-0.4, -0.2) is 5.91 Å². The van der Waals surface area contributed by atoms with E-state index in [-0.39, 0.29) is 5.56 Å². The molecule has 1 aromatic rings. The minimum Gasteiger partial charge on any atom is -0.366 e. The highest BCUT2D eigenvalue weighted by molar-refractivity contribution is 5.90. The Morgan fingerprint density at radius 3 is 2.38 bits per heavy atom. The number of carbonyl (C=O) groups is 1. The SMILES string of the molecule is NC(=O)C=Cc1ccc(C(F)(F)F)cc1F. The first-order valence-corrected chi connectivity index (χ1v) is 4.15. The molecule has 0 atom stereocenters. The average Bonchev–Trinajstić information content (AvgIpc) is 2.14. The third kappa shape index (κ3) is 3.08. The van der Waals surface area contributed by atoms with Crippen molar-refractivity contribution in [2.24, 2.45) is 5.73 Å². The lowest BCUT2D eigenvalue weighted by atomic mass is 10.1. The van der Waals surface area contributed by atoms with Gasteiger partial charge in [-0.05, 0) is 18.2 Å². The van der Waals surface area contributed by atoms with E-state index in [1.807, 2.05) is 0 Å². The second-order valence-electron chi connectivity index (χ2n) is 2.97. The highest BCUT2D eigenvalue weighted by atomic mass is 19.4. The minimum atomic E-state index is -4.59. The molecule has 2 N–H and O–H groups in total.